The topological polar surface area (TPSA) is 102 Å². The predicted octanol–water partition coefficient (Wildman–Crippen LogP) is 3.92. The fourth-order valence-corrected chi connectivity index (χ4v) is 8.40. The van der Waals surface area contributed by atoms with E-state index < -0.39 is 33.5 Å². The molecule has 0 aliphatic carbocycles. The Morgan fingerprint density at radius 1 is 1.09 bits per heavy atom. The zero-order valence-corrected chi connectivity index (χ0v) is 28.0. The second-order valence-corrected chi connectivity index (χ2v) is 16.5. The number of alkyl halides is 3. The smallest absolute Gasteiger partial charge is 0.390 e. The van der Waals surface area contributed by atoms with E-state index in [0.717, 1.165) is 43.9 Å². The fraction of sp³-hybridized carbons (Fsp3) is 0.710. The molecule has 5 rings (SSSR count). The van der Waals surface area contributed by atoms with Crippen molar-refractivity contribution in [2.45, 2.75) is 81.8 Å². The quantitative estimate of drug-likeness (QED) is 0.367. The molecule has 252 valence electrons. The average molecular weight is 674 g/mol. The first kappa shape index (κ1) is 34.6. The van der Waals surface area contributed by atoms with Crippen LogP contribution in [0.5, 0.6) is 0 Å². The number of thioether (sulfide) groups is 1. The Balaban J connectivity index is 1.40. The molecular formula is C31H46F3N5O4S2. The minimum absolute atomic E-state index is 0.0671. The van der Waals surface area contributed by atoms with Crippen LogP contribution in [0, 0.1) is 5.92 Å². The summed E-state index contributed by atoms with van der Waals surface area (Å²) in [6.45, 7) is 8.89. The van der Waals surface area contributed by atoms with Gasteiger partial charge in [0.25, 0.3) is 0 Å². The number of nitrogens with zero attached hydrogens (tertiary/aromatic N) is 5. The van der Waals surface area contributed by atoms with Gasteiger partial charge in [-0.25, -0.2) is 8.42 Å². The van der Waals surface area contributed by atoms with E-state index >= 15 is 0 Å². The molecule has 3 aliphatic heterocycles. The molecule has 3 aliphatic rings. The van der Waals surface area contributed by atoms with Crippen LogP contribution in [0.15, 0.2) is 23.1 Å². The summed E-state index contributed by atoms with van der Waals surface area (Å²) in [6, 6.07) is 4.05. The van der Waals surface area contributed by atoms with Crippen molar-refractivity contribution < 1.29 is 31.8 Å². The molecule has 9 nitrogen and oxygen atoms in total. The monoisotopic (exact) mass is 673 g/mol. The van der Waals surface area contributed by atoms with Crippen LogP contribution < -0.4 is 0 Å². The number of aliphatic hydroxyl groups is 2. The molecule has 0 spiro atoms. The first-order valence-electron chi connectivity index (χ1n) is 15.8. The number of sulfonamides is 1. The average Bonchev–Trinajstić information content (AvgIpc) is 3.31. The lowest BCUT2D eigenvalue weighted by atomic mass is 9.94. The molecule has 0 amide bonds. The summed E-state index contributed by atoms with van der Waals surface area (Å²) in [5, 5.41) is 26.1. The third kappa shape index (κ3) is 8.82. The van der Waals surface area contributed by atoms with Crippen LogP contribution in [0.4, 0.5) is 13.2 Å². The molecule has 14 heteroatoms. The zero-order chi connectivity index (χ0) is 32.6. The number of benzene rings is 1. The number of hydrogen-bond donors (Lipinski definition) is 2. The Morgan fingerprint density at radius 3 is 2.42 bits per heavy atom. The van der Waals surface area contributed by atoms with Crippen molar-refractivity contribution in [3.63, 3.8) is 0 Å². The van der Waals surface area contributed by atoms with Gasteiger partial charge in [0.1, 0.15) is 0 Å². The van der Waals surface area contributed by atoms with Crippen LogP contribution in [0.25, 0.3) is 11.3 Å². The lowest BCUT2D eigenvalue weighted by molar-refractivity contribution is -0.139. The highest BCUT2D eigenvalue weighted by Crippen LogP contribution is 2.40. The molecule has 45 heavy (non-hydrogen) atoms. The normalized spacial score (nSPS) is 21.6. The summed E-state index contributed by atoms with van der Waals surface area (Å²) in [7, 11) is -3.51. The second-order valence-electron chi connectivity index (χ2n) is 13.3. The lowest BCUT2D eigenvalue weighted by Gasteiger charge is -2.36. The minimum atomic E-state index is -4.51. The van der Waals surface area contributed by atoms with Gasteiger partial charge in [-0.15, -0.1) is 11.8 Å². The molecule has 0 radical (unpaired) electrons. The van der Waals surface area contributed by atoms with Crippen molar-refractivity contribution in [3.8, 4) is 11.3 Å². The number of piperidine rings is 2. The molecule has 1 aromatic heterocycles. The number of likely N-dealkylation sites (tertiary alicyclic amines) is 2. The highest BCUT2D eigenvalue weighted by molar-refractivity contribution is 7.99. The van der Waals surface area contributed by atoms with Gasteiger partial charge in [0, 0.05) is 73.2 Å². The molecule has 4 heterocycles. The van der Waals surface area contributed by atoms with Crippen LogP contribution in [-0.2, 0) is 35.7 Å². The Hall–Kier alpha value is -1.68. The summed E-state index contributed by atoms with van der Waals surface area (Å²) in [5.41, 5.74) is 1.000. The molecule has 1 aromatic carbocycles. The Labute approximate surface area is 268 Å². The largest absolute Gasteiger partial charge is 0.417 e. The molecule has 2 aromatic rings. The standard InChI is InChI=1S/C31H46F3N5O4S2/c1-22-6-11-36(12-7-22)16-17-44-28-18-23(4-5-26(28)31(32,33)34)29-25-21-38(45(3,42)43)13-8-27(25)39(35-29)20-24(40)19-37-14-9-30(2,41)10-15-37/h4-5,18,22,24,40-41H,6-17,19-21H2,1-3H3. The summed E-state index contributed by atoms with van der Waals surface area (Å²) in [4.78, 5) is 4.54. The van der Waals surface area contributed by atoms with Gasteiger partial charge in [0.05, 0.1) is 35.8 Å². The molecule has 1 unspecified atom stereocenters. The maximum atomic E-state index is 14.1. The van der Waals surface area contributed by atoms with Gasteiger partial charge >= 0.3 is 6.18 Å². The van der Waals surface area contributed by atoms with Crippen molar-refractivity contribution >= 4 is 21.8 Å². The molecule has 0 saturated carbocycles. The minimum Gasteiger partial charge on any atom is -0.390 e. The summed E-state index contributed by atoms with van der Waals surface area (Å²) in [6.07, 6.45) is -0.319. The predicted molar refractivity (Wildman–Crippen MR) is 169 cm³/mol. The fourth-order valence-electron chi connectivity index (χ4n) is 6.50. The molecule has 2 saturated heterocycles. The van der Waals surface area contributed by atoms with Crippen molar-refractivity contribution in [1.82, 2.24) is 23.9 Å². The molecule has 2 N–H and O–H groups in total. The highest BCUT2D eigenvalue weighted by atomic mass is 32.2. The Bertz CT molecular complexity index is 1430. The van der Waals surface area contributed by atoms with E-state index in [1.54, 1.807) is 4.68 Å². The molecule has 1 atom stereocenters. The van der Waals surface area contributed by atoms with E-state index in [1.165, 1.54) is 28.2 Å². The SMILES string of the molecule is CC1CCN(CCSc2cc(-c3nn(CC(O)CN4CCC(C)(O)CC4)c4c3CN(S(C)(=O)=O)CC4)ccc2C(F)(F)F)CC1. The van der Waals surface area contributed by atoms with Crippen LogP contribution in [-0.4, -0.2) is 112 Å². The zero-order valence-electron chi connectivity index (χ0n) is 26.4. The third-order valence-electron chi connectivity index (χ3n) is 9.46. The summed E-state index contributed by atoms with van der Waals surface area (Å²) < 4.78 is 70.3. The maximum absolute atomic E-state index is 14.1. The molecule has 2 fully saturated rings. The van der Waals surface area contributed by atoms with E-state index in [2.05, 4.69) is 16.7 Å². The van der Waals surface area contributed by atoms with Gasteiger partial charge in [0.2, 0.25) is 10.0 Å². The second kappa shape index (κ2) is 13.8. The number of aromatic nitrogens is 2. The van der Waals surface area contributed by atoms with Crippen LogP contribution in [0.2, 0.25) is 0 Å². The van der Waals surface area contributed by atoms with Gasteiger partial charge in [0.15, 0.2) is 0 Å². The number of β-amino-alcohol motifs (C(OH)–C–C–N with tert-alkyl or cyclic N) is 1. The summed E-state index contributed by atoms with van der Waals surface area (Å²) in [5.74, 6) is 1.20. The first-order chi connectivity index (χ1) is 21.1. The van der Waals surface area contributed by atoms with Crippen LogP contribution in [0.1, 0.15) is 56.4 Å². The maximum Gasteiger partial charge on any atom is 0.417 e. The van der Waals surface area contributed by atoms with Crippen molar-refractivity contribution in [2.24, 2.45) is 5.92 Å². The number of fused-ring (bicyclic) bond motifs is 1. The lowest BCUT2D eigenvalue weighted by Crippen LogP contribution is -2.45. The number of rotatable bonds is 10. The van der Waals surface area contributed by atoms with E-state index in [0.29, 0.717) is 73.9 Å². The van der Waals surface area contributed by atoms with Gasteiger partial charge < -0.3 is 20.0 Å². The molecule has 0 bridgehead atoms. The number of aliphatic hydroxyl groups excluding tert-OH is 1. The summed E-state index contributed by atoms with van der Waals surface area (Å²) >= 11 is 1.19. The van der Waals surface area contributed by atoms with Crippen molar-refractivity contribution in [2.75, 3.05) is 57.8 Å². The van der Waals surface area contributed by atoms with Gasteiger partial charge in [-0.3, -0.25) is 4.68 Å². The highest BCUT2D eigenvalue weighted by Gasteiger charge is 2.35. The van der Waals surface area contributed by atoms with Gasteiger partial charge in [-0.05, 0) is 63.7 Å². The van der Waals surface area contributed by atoms with Crippen molar-refractivity contribution in [1.29, 1.82) is 0 Å². The van der Waals surface area contributed by atoms with Crippen LogP contribution in [0.3, 0.4) is 0 Å². The van der Waals surface area contributed by atoms with Gasteiger partial charge in [-0.1, -0.05) is 13.0 Å². The van der Waals surface area contributed by atoms with Crippen LogP contribution >= 0.6 is 11.8 Å². The first-order valence-corrected chi connectivity index (χ1v) is 18.7. The van der Waals surface area contributed by atoms with E-state index in [4.69, 9.17) is 5.10 Å². The van der Waals surface area contributed by atoms with Gasteiger partial charge in [-0.2, -0.15) is 22.6 Å². The third-order valence-corrected chi connectivity index (χ3v) is 11.7. The van der Waals surface area contributed by atoms with E-state index in [9.17, 15) is 31.8 Å². The molecular weight excluding hydrogens is 628 g/mol. The van der Waals surface area contributed by atoms with Crippen molar-refractivity contribution in [3.05, 3.63) is 35.0 Å². The number of halogens is 3. The Morgan fingerprint density at radius 2 is 1.78 bits per heavy atom. The number of hydrogen-bond acceptors (Lipinski definition) is 8. The Kier molecular flexibility index (Phi) is 10.6. The van der Waals surface area contributed by atoms with E-state index in [-0.39, 0.29) is 24.5 Å². The van der Waals surface area contributed by atoms with E-state index in [1.807, 2.05) is 6.92 Å².